The lowest BCUT2D eigenvalue weighted by molar-refractivity contribution is -0.138. The van der Waals surface area contributed by atoms with Gasteiger partial charge in [0.15, 0.2) is 0 Å². The topological polar surface area (TPSA) is 89.5 Å². The molecule has 1 aromatic rings. The van der Waals surface area contributed by atoms with E-state index in [4.69, 9.17) is 5.11 Å². The highest BCUT2D eigenvalue weighted by atomic mass is 16.4. The summed E-state index contributed by atoms with van der Waals surface area (Å²) in [4.78, 5) is 33.1. The number of aromatic amines is 1. The Morgan fingerprint density at radius 3 is 3.05 bits per heavy atom. The Balaban J connectivity index is 1.85. The summed E-state index contributed by atoms with van der Waals surface area (Å²) < 4.78 is 0. The van der Waals surface area contributed by atoms with Crippen LogP contribution in [0, 0.1) is 5.92 Å². The predicted octanol–water partition coefficient (Wildman–Crippen LogP) is 0.758. The molecule has 1 atom stereocenters. The highest BCUT2D eigenvalue weighted by molar-refractivity contribution is 5.74. The van der Waals surface area contributed by atoms with Crippen LogP contribution in [0.3, 0.4) is 0 Å². The number of aliphatic carboxylic acids is 1. The van der Waals surface area contributed by atoms with E-state index in [1.54, 1.807) is 29.2 Å². The second-order valence-electron chi connectivity index (χ2n) is 4.87. The van der Waals surface area contributed by atoms with Crippen molar-refractivity contribution in [3.8, 4) is 0 Å². The molecule has 1 unspecified atom stereocenters. The van der Waals surface area contributed by atoms with Crippen molar-refractivity contribution in [2.75, 3.05) is 20.1 Å². The van der Waals surface area contributed by atoms with Gasteiger partial charge in [0.25, 0.3) is 0 Å². The fourth-order valence-corrected chi connectivity index (χ4v) is 2.34. The van der Waals surface area contributed by atoms with Crippen LogP contribution in [0.25, 0.3) is 0 Å². The highest BCUT2D eigenvalue weighted by Gasteiger charge is 2.29. The van der Waals surface area contributed by atoms with Crippen LogP contribution in [0.2, 0.25) is 0 Å². The van der Waals surface area contributed by atoms with Crippen molar-refractivity contribution < 1.29 is 14.7 Å². The Bertz CT molecular complexity index is 446. The van der Waals surface area contributed by atoms with Gasteiger partial charge in [-0.1, -0.05) is 0 Å². The van der Waals surface area contributed by atoms with Crippen LogP contribution >= 0.6 is 0 Å². The molecule has 0 bridgehead atoms. The van der Waals surface area contributed by atoms with E-state index in [0.29, 0.717) is 19.6 Å². The van der Waals surface area contributed by atoms with Crippen LogP contribution in [0.1, 0.15) is 18.7 Å². The minimum absolute atomic E-state index is 0.0680. The molecule has 7 nitrogen and oxygen atoms in total. The molecular formula is C12H18N4O3. The van der Waals surface area contributed by atoms with Crippen LogP contribution in [0.15, 0.2) is 12.4 Å². The summed E-state index contributed by atoms with van der Waals surface area (Å²) in [5.74, 6) is -0.00108. The minimum atomic E-state index is -0.803. The van der Waals surface area contributed by atoms with Crippen molar-refractivity contribution in [2.24, 2.45) is 5.92 Å². The van der Waals surface area contributed by atoms with Gasteiger partial charge in [0, 0.05) is 39.0 Å². The SMILES string of the molecule is CN(Cc1ncc[nH]1)C(=O)N1CCC(CC(=O)O)C1. The zero-order valence-corrected chi connectivity index (χ0v) is 10.9. The molecule has 1 aliphatic rings. The van der Waals surface area contributed by atoms with Crippen LogP contribution in [-0.4, -0.2) is 57.0 Å². The fourth-order valence-electron chi connectivity index (χ4n) is 2.34. The molecule has 1 fully saturated rings. The van der Waals surface area contributed by atoms with E-state index in [9.17, 15) is 9.59 Å². The zero-order valence-electron chi connectivity index (χ0n) is 10.9. The Labute approximate surface area is 111 Å². The Kier molecular flexibility index (Phi) is 4.03. The van der Waals surface area contributed by atoms with Crippen LogP contribution in [-0.2, 0) is 11.3 Å². The van der Waals surface area contributed by atoms with Gasteiger partial charge < -0.3 is 19.9 Å². The van der Waals surface area contributed by atoms with Gasteiger partial charge in [-0.3, -0.25) is 4.79 Å². The molecule has 0 aliphatic carbocycles. The molecule has 2 N–H and O–H groups in total. The molecule has 0 aromatic carbocycles. The summed E-state index contributed by atoms with van der Waals surface area (Å²) in [6, 6.07) is -0.0794. The molecule has 1 saturated heterocycles. The van der Waals surface area contributed by atoms with E-state index >= 15 is 0 Å². The molecule has 0 saturated carbocycles. The number of carboxylic acids is 1. The number of nitrogens with one attached hydrogen (secondary N) is 1. The van der Waals surface area contributed by atoms with Gasteiger partial charge in [0.2, 0.25) is 0 Å². The van der Waals surface area contributed by atoms with Crippen molar-refractivity contribution in [1.82, 2.24) is 19.8 Å². The maximum Gasteiger partial charge on any atom is 0.320 e. The molecule has 19 heavy (non-hydrogen) atoms. The quantitative estimate of drug-likeness (QED) is 0.841. The van der Waals surface area contributed by atoms with Gasteiger partial charge in [-0.05, 0) is 12.3 Å². The van der Waals surface area contributed by atoms with Crippen molar-refractivity contribution in [3.63, 3.8) is 0 Å². The molecular weight excluding hydrogens is 248 g/mol. The summed E-state index contributed by atoms with van der Waals surface area (Å²) in [5.41, 5.74) is 0. The minimum Gasteiger partial charge on any atom is -0.481 e. The maximum absolute atomic E-state index is 12.2. The number of carbonyl (C=O) groups is 2. The van der Waals surface area contributed by atoms with E-state index in [1.165, 1.54) is 0 Å². The van der Waals surface area contributed by atoms with Crippen molar-refractivity contribution in [2.45, 2.75) is 19.4 Å². The van der Waals surface area contributed by atoms with Gasteiger partial charge in [-0.15, -0.1) is 0 Å². The lowest BCUT2D eigenvalue weighted by atomic mass is 10.1. The monoisotopic (exact) mass is 266 g/mol. The normalized spacial score (nSPS) is 18.6. The van der Waals surface area contributed by atoms with E-state index < -0.39 is 5.97 Å². The molecule has 104 valence electrons. The third kappa shape index (κ3) is 3.46. The van der Waals surface area contributed by atoms with Gasteiger partial charge in [-0.25, -0.2) is 9.78 Å². The average Bonchev–Trinajstić information content (AvgIpc) is 2.98. The maximum atomic E-state index is 12.2. The Hall–Kier alpha value is -2.05. The highest BCUT2D eigenvalue weighted by Crippen LogP contribution is 2.20. The Morgan fingerprint density at radius 1 is 1.63 bits per heavy atom. The third-order valence-electron chi connectivity index (χ3n) is 3.29. The van der Waals surface area contributed by atoms with Crippen molar-refractivity contribution >= 4 is 12.0 Å². The number of aromatic nitrogens is 2. The lowest BCUT2D eigenvalue weighted by Crippen LogP contribution is -2.39. The van der Waals surface area contributed by atoms with Gasteiger partial charge >= 0.3 is 12.0 Å². The lowest BCUT2D eigenvalue weighted by Gasteiger charge is -2.24. The second kappa shape index (κ2) is 5.73. The predicted molar refractivity (Wildman–Crippen MR) is 67.4 cm³/mol. The molecule has 2 rings (SSSR count). The number of hydrogen-bond acceptors (Lipinski definition) is 3. The summed E-state index contributed by atoms with van der Waals surface area (Å²) in [5, 5.41) is 8.75. The second-order valence-corrected chi connectivity index (χ2v) is 4.87. The number of amides is 2. The summed E-state index contributed by atoms with van der Waals surface area (Å²) in [7, 11) is 1.72. The summed E-state index contributed by atoms with van der Waals surface area (Å²) in [6.45, 7) is 1.57. The number of rotatable bonds is 4. The first-order chi connectivity index (χ1) is 9.06. The average molecular weight is 266 g/mol. The third-order valence-corrected chi connectivity index (χ3v) is 3.29. The van der Waals surface area contributed by atoms with Gasteiger partial charge in [0.1, 0.15) is 5.82 Å². The Morgan fingerprint density at radius 2 is 2.42 bits per heavy atom. The standard InChI is InChI=1S/C12H18N4O3/c1-15(8-10-13-3-4-14-10)12(19)16-5-2-9(7-16)6-11(17)18/h3-4,9H,2,5-8H2,1H3,(H,13,14)(H,17,18). The van der Waals surface area contributed by atoms with Crippen molar-refractivity contribution in [3.05, 3.63) is 18.2 Å². The summed E-state index contributed by atoms with van der Waals surface area (Å²) >= 11 is 0. The molecule has 2 heterocycles. The fraction of sp³-hybridized carbons (Fsp3) is 0.583. The first kappa shape index (κ1) is 13.4. The zero-order chi connectivity index (χ0) is 13.8. The molecule has 1 aromatic heterocycles. The largest absolute Gasteiger partial charge is 0.481 e. The van der Waals surface area contributed by atoms with E-state index in [1.807, 2.05) is 0 Å². The number of carboxylic acid groups (broad SMARTS) is 1. The number of hydrogen-bond donors (Lipinski definition) is 2. The van der Waals surface area contributed by atoms with Crippen LogP contribution < -0.4 is 0 Å². The molecule has 7 heteroatoms. The van der Waals surface area contributed by atoms with Crippen LogP contribution in [0.5, 0.6) is 0 Å². The van der Waals surface area contributed by atoms with Gasteiger partial charge in [-0.2, -0.15) is 0 Å². The first-order valence-corrected chi connectivity index (χ1v) is 6.26. The number of imidazole rings is 1. The molecule has 2 amide bonds. The number of nitrogens with zero attached hydrogens (tertiary/aromatic N) is 3. The number of likely N-dealkylation sites (tertiary alicyclic amines) is 1. The molecule has 0 spiro atoms. The first-order valence-electron chi connectivity index (χ1n) is 6.26. The smallest absolute Gasteiger partial charge is 0.320 e. The van der Waals surface area contributed by atoms with E-state index in [-0.39, 0.29) is 18.4 Å². The number of H-pyrrole nitrogens is 1. The summed E-state index contributed by atoms with van der Waals surface area (Å²) in [6.07, 6.45) is 4.25. The van der Waals surface area contributed by atoms with Gasteiger partial charge in [0.05, 0.1) is 6.54 Å². The van der Waals surface area contributed by atoms with Crippen molar-refractivity contribution in [1.29, 1.82) is 0 Å². The number of carbonyl (C=O) groups excluding carboxylic acids is 1. The number of urea groups is 1. The van der Waals surface area contributed by atoms with Crippen LogP contribution in [0.4, 0.5) is 4.79 Å². The van der Waals surface area contributed by atoms with E-state index in [2.05, 4.69) is 9.97 Å². The molecule has 0 radical (unpaired) electrons. The molecule has 1 aliphatic heterocycles. The van der Waals surface area contributed by atoms with E-state index in [0.717, 1.165) is 12.2 Å².